The molecule has 2 rings (SSSR count). The molecule has 0 saturated carbocycles. The minimum atomic E-state index is -4.60. The molecule has 0 aliphatic carbocycles. The van der Waals surface area contributed by atoms with E-state index in [1.54, 1.807) is 11.8 Å². The Morgan fingerprint density at radius 3 is 2.48 bits per heavy atom. The third-order valence-corrected chi connectivity index (χ3v) is 3.87. The molecule has 1 saturated heterocycles. The fourth-order valence-electron chi connectivity index (χ4n) is 2.43. The van der Waals surface area contributed by atoms with E-state index in [-0.39, 0.29) is 30.6 Å². The number of alkyl halides is 3. The van der Waals surface area contributed by atoms with Crippen LogP contribution in [-0.4, -0.2) is 46.0 Å². The van der Waals surface area contributed by atoms with Crippen LogP contribution in [0.5, 0.6) is 0 Å². The summed E-state index contributed by atoms with van der Waals surface area (Å²) in [5.41, 5.74) is 0.837. The average molecular weight is 305 g/mol. The summed E-state index contributed by atoms with van der Waals surface area (Å²) in [5.74, 6) is -1.21. The van der Waals surface area contributed by atoms with Crippen LogP contribution in [0.15, 0.2) is 0 Å². The molecule has 2 N–H and O–H groups in total. The van der Waals surface area contributed by atoms with E-state index in [1.165, 1.54) is 6.92 Å². The van der Waals surface area contributed by atoms with E-state index in [9.17, 15) is 18.3 Å². The molecule has 1 aliphatic heterocycles. The molecule has 8 heteroatoms. The van der Waals surface area contributed by atoms with E-state index < -0.39 is 18.1 Å². The second kappa shape index (κ2) is 5.76. The average Bonchev–Trinajstić information content (AvgIpc) is 2.40. The molecule has 21 heavy (non-hydrogen) atoms. The van der Waals surface area contributed by atoms with Gasteiger partial charge in [0.1, 0.15) is 5.82 Å². The van der Waals surface area contributed by atoms with Crippen LogP contribution in [0, 0.1) is 19.8 Å². The highest BCUT2D eigenvalue weighted by Crippen LogP contribution is 2.31. The number of rotatable bonds is 2. The van der Waals surface area contributed by atoms with Crippen LogP contribution >= 0.6 is 0 Å². The SMILES string of the molecule is Cc1nc(C(F)(F)F)nc(N2CC[C@H](CO)[C@@H](O)C2)c1C. The number of halogens is 3. The zero-order valence-corrected chi connectivity index (χ0v) is 11.9. The van der Waals surface area contributed by atoms with E-state index in [4.69, 9.17) is 5.11 Å². The molecule has 5 nitrogen and oxygen atoms in total. The predicted molar refractivity (Wildman–Crippen MR) is 69.9 cm³/mol. The fraction of sp³-hybridized carbons (Fsp3) is 0.692. The Morgan fingerprint density at radius 2 is 1.95 bits per heavy atom. The number of hydrogen-bond acceptors (Lipinski definition) is 5. The lowest BCUT2D eigenvalue weighted by Gasteiger charge is -2.36. The third-order valence-electron chi connectivity index (χ3n) is 3.87. The molecule has 1 aliphatic rings. The molecule has 2 atom stereocenters. The summed E-state index contributed by atoms with van der Waals surface area (Å²) in [7, 11) is 0. The summed E-state index contributed by atoms with van der Waals surface area (Å²) in [6, 6.07) is 0. The second-order valence-electron chi connectivity index (χ2n) is 5.32. The van der Waals surface area contributed by atoms with Gasteiger partial charge in [0, 0.05) is 36.9 Å². The molecule has 118 valence electrons. The number of anilines is 1. The molecule has 1 fully saturated rings. The topological polar surface area (TPSA) is 69.5 Å². The summed E-state index contributed by atoms with van der Waals surface area (Å²) in [4.78, 5) is 8.74. The third kappa shape index (κ3) is 3.26. The lowest BCUT2D eigenvalue weighted by atomic mass is 9.94. The van der Waals surface area contributed by atoms with Gasteiger partial charge in [0.05, 0.1) is 6.10 Å². The molecule has 0 bridgehead atoms. The van der Waals surface area contributed by atoms with E-state index in [0.717, 1.165) is 0 Å². The Kier molecular flexibility index (Phi) is 4.38. The highest BCUT2D eigenvalue weighted by Gasteiger charge is 2.37. The standard InChI is InChI=1S/C13H18F3N3O2/c1-7-8(2)17-12(13(14,15)16)18-11(7)19-4-3-9(6-20)10(21)5-19/h9-10,20-21H,3-6H2,1-2H3/t9-,10+/m1/s1. The number of aryl methyl sites for hydroxylation is 1. The number of nitrogens with zero attached hydrogens (tertiary/aromatic N) is 3. The Labute approximate surface area is 120 Å². The maximum atomic E-state index is 12.8. The van der Waals surface area contributed by atoms with Crippen molar-refractivity contribution in [2.24, 2.45) is 5.92 Å². The second-order valence-corrected chi connectivity index (χ2v) is 5.32. The van der Waals surface area contributed by atoms with Gasteiger partial charge in [0.2, 0.25) is 5.82 Å². The summed E-state index contributed by atoms with van der Waals surface area (Å²) >= 11 is 0. The van der Waals surface area contributed by atoms with Crippen molar-refractivity contribution in [3.63, 3.8) is 0 Å². The van der Waals surface area contributed by atoms with Gasteiger partial charge in [-0.05, 0) is 20.3 Å². The Hall–Kier alpha value is -1.41. The van der Waals surface area contributed by atoms with Crippen molar-refractivity contribution in [1.82, 2.24) is 9.97 Å². The Morgan fingerprint density at radius 1 is 1.29 bits per heavy atom. The monoisotopic (exact) mass is 305 g/mol. The van der Waals surface area contributed by atoms with Crippen molar-refractivity contribution in [2.75, 3.05) is 24.6 Å². The van der Waals surface area contributed by atoms with Crippen LogP contribution in [0.1, 0.15) is 23.5 Å². The molecule has 2 heterocycles. The zero-order chi connectivity index (χ0) is 15.8. The molecule has 0 unspecified atom stereocenters. The number of aliphatic hydroxyl groups excluding tert-OH is 2. The van der Waals surface area contributed by atoms with Crippen LogP contribution in [0.3, 0.4) is 0 Å². The van der Waals surface area contributed by atoms with Gasteiger partial charge in [-0.15, -0.1) is 0 Å². The van der Waals surface area contributed by atoms with Crippen molar-refractivity contribution >= 4 is 5.82 Å². The molecule has 0 spiro atoms. The van der Waals surface area contributed by atoms with Crippen LogP contribution < -0.4 is 4.90 Å². The Balaban J connectivity index is 2.33. The number of β-amino-alcohol motifs (C(OH)–C–C–N with tert-alkyl or cyclic N) is 1. The van der Waals surface area contributed by atoms with Gasteiger partial charge in [-0.25, -0.2) is 9.97 Å². The van der Waals surface area contributed by atoms with Crippen LogP contribution in [-0.2, 0) is 6.18 Å². The first-order valence-electron chi connectivity index (χ1n) is 6.70. The first-order chi connectivity index (χ1) is 9.74. The van der Waals surface area contributed by atoms with Gasteiger partial charge < -0.3 is 15.1 Å². The van der Waals surface area contributed by atoms with Gasteiger partial charge in [0.15, 0.2) is 0 Å². The van der Waals surface area contributed by atoms with Crippen molar-refractivity contribution < 1.29 is 23.4 Å². The van der Waals surface area contributed by atoms with E-state index in [2.05, 4.69) is 9.97 Å². The molecule has 1 aromatic heterocycles. The maximum Gasteiger partial charge on any atom is 0.451 e. The highest BCUT2D eigenvalue weighted by molar-refractivity contribution is 5.49. The summed E-state index contributed by atoms with van der Waals surface area (Å²) in [6.45, 7) is 3.63. The van der Waals surface area contributed by atoms with Gasteiger partial charge in [0.25, 0.3) is 0 Å². The number of piperidine rings is 1. The summed E-state index contributed by atoms with van der Waals surface area (Å²) in [6.07, 6.45) is -4.88. The van der Waals surface area contributed by atoms with E-state index in [0.29, 0.717) is 18.5 Å². The number of aromatic nitrogens is 2. The van der Waals surface area contributed by atoms with Crippen molar-refractivity contribution in [2.45, 2.75) is 32.5 Å². The predicted octanol–water partition coefficient (Wildman–Crippen LogP) is 1.29. The molecule has 0 radical (unpaired) electrons. The molecular formula is C13H18F3N3O2. The van der Waals surface area contributed by atoms with Crippen molar-refractivity contribution in [1.29, 1.82) is 0 Å². The fourth-order valence-corrected chi connectivity index (χ4v) is 2.43. The Bertz CT molecular complexity index is 522. The molecule has 0 amide bonds. The minimum absolute atomic E-state index is 0.134. The van der Waals surface area contributed by atoms with Crippen LogP contribution in [0.25, 0.3) is 0 Å². The maximum absolute atomic E-state index is 12.8. The van der Waals surface area contributed by atoms with Gasteiger partial charge in [-0.2, -0.15) is 13.2 Å². The van der Waals surface area contributed by atoms with Gasteiger partial charge >= 0.3 is 6.18 Å². The zero-order valence-electron chi connectivity index (χ0n) is 11.9. The molecule has 1 aromatic rings. The van der Waals surface area contributed by atoms with Crippen LogP contribution in [0.2, 0.25) is 0 Å². The van der Waals surface area contributed by atoms with Gasteiger partial charge in [-0.3, -0.25) is 0 Å². The largest absolute Gasteiger partial charge is 0.451 e. The van der Waals surface area contributed by atoms with Crippen LogP contribution in [0.4, 0.5) is 19.0 Å². The minimum Gasteiger partial charge on any atom is -0.396 e. The first-order valence-corrected chi connectivity index (χ1v) is 6.70. The van der Waals surface area contributed by atoms with Crippen molar-refractivity contribution in [3.05, 3.63) is 17.1 Å². The summed E-state index contributed by atoms with van der Waals surface area (Å²) in [5, 5.41) is 19.0. The molecule has 0 aromatic carbocycles. The number of aliphatic hydroxyl groups is 2. The lowest BCUT2D eigenvalue weighted by molar-refractivity contribution is -0.145. The number of hydrogen-bond donors (Lipinski definition) is 2. The summed E-state index contributed by atoms with van der Waals surface area (Å²) < 4.78 is 38.4. The smallest absolute Gasteiger partial charge is 0.396 e. The van der Waals surface area contributed by atoms with E-state index in [1.807, 2.05) is 0 Å². The first kappa shape index (κ1) is 16.0. The van der Waals surface area contributed by atoms with E-state index >= 15 is 0 Å². The lowest BCUT2D eigenvalue weighted by Crippen LogP contribution is -2.46. The molecular weight excluding hydrogens is 287 g/mol. The van der Waals surface area contributed by atoms with Crippen molar-refractivity contribution in [3.8, 4) is 0 Å². The quantitative estimate of drug-likeness (QED) is 0.862. The van der Waals surface area contributed by atoms with Gasteiger partial charge in [-0.1, -0.05) is 0 Å². The highest BCUT2D eigenvalue weighted by atomic mass is 19.4. The normalized spacial score (nSPS) is 23.5.